The number of nitro groups is 1. The molecule has 0 N–H and O–H groups in total. The van der Waals surface area contributed by atoms with Gasteiger partial charge in [-0.3, -0.25) is 10.1 Å². The molecule has 0 aliphatic rings. The minimum absolute atomic E-state index is 0.00118. The van der Waals surface area contributed by atoms with Crippen molar-refractivity contribution in [2.45, 2.75) is 13.1 Å². The standard InChI is InChI=1S/C15H11F3N2O5/c1-9-7-10(4-5-12(9)20(22)23)25-14(21)11-3-2-6-19-13(11)24-8-15(16,17)18/h2-7H,8H2,1H3. The van der Waals surface area contributed by atoms with Gasteiger partial charge in [0, 0.05) is 17.8 Å². The third kappa shape index (κ3) is 4.90. The molecule has 0 atom stereocenters. The first kappa shape index (κ1) is 18.2. The van der Waals surface area contributed by atoms with Gasteiger partial charge in [-0.2, -0.15) is 13.2 Å². The van der Waals surface area contributed by atoms with Crippen LogP contribution in [0.5, 0.6) is 11.6 Å². The smallest absolute Gasteiger partial charge is 0.422 e. The van der Waals surface area contributed by atoms with Crippen molar-refractivity contribution < 1.29 is 32.4 Å². The quantitative estimate of drug-likeness (QED) is 0.353. The molecule has 0 saturated carbocycles. The Bertz CT molecular complexity index is 808. The Balaban J connectivity index is 2.19. The van der Waals surface area contributed by atoms with Crippen molar-refractivity contribution in [1.82, 2.24) is 4.98 Å². The molecule has 7 nitrogen and oxygen atoms in total. The first-order valence-corrected chi connectivity index (χ1v) is 6.79. The second-order valence-corrected chi connectivity index (χ2v) is 4.85. The Kier molecular flexibility index (Phi) is 5.20. The number of aryl methyl sites for hydroxylation is 1. The molecule has 0 aliphatic heterocycles. The number of rotatable bonds is 5. The van der Waals surface area contributed by atoms with Crippen molar-refractivity contribution in [3.8, 4) is 11.6 Å². The summed E-state index contributed by atoms with van der Waals surface area (Å²) in [6.07, 6.45) is -3.42. The van der Waals surface area contributed by atoms with Crippen LogP contribution in [0, 0.1) is 17.0 Å². The molecule has 0 spiro atoms. The fourth-order valence-corrected chi connectivity index (χ4v) is 1.87. The van der Waals surface area contributed by atoms with Gasteiger partial charge in [0.05, 0.1) is 4.92 Å². The van der Waals surface area contributed by atoms with Crippen LogP contribution in [0.1, 0.15) is 15.9 Å². The van der Waals surface area contributed by atoms with Crippen molar-refractivity contribution >= 4 is 11.7 Å². The van der Waals surface area contributed by atoms with Crippen molar-refractivity contribution in [3.05, 3.63) is 57.8 Å². The predicted molar refractivity (Wildman–Crippen MR) is 78.6 cm³/mol. The first-order chi connectivity index (χ1) is 11.7. The van der Waals surface area contributed by atoms with Gasteiger partial charge in [-0.05, 0) is 31.2 Å². The van der Waals surface area contributed by atoms with Gasteiger partial charge in [-0.25, -0.2) is 9.78 Å². The molecule has 10 heteroatoms. The van der Waals surface area contributed by atoms with Crippen molar-refractivity contribution in [1.29, 1.82) is 0 Å². The van der Waals surface area contributed by atoms with E-state index in [-0.39, 0.29) is 22.6 Å². The maximum Gasteiger partial charge on any atom is 0.422 e. The minimum atomic E-state index is -4.59. The lowest BCUT2D eigenvalue weighted by atomic mass is 10.2. The average molecular weight is 356 g/mol. The number of hydrogen-bond donors (Lipinski definition) is 0. The lowest BCUT2D eigenvalue weighted by Crippen LogP contribution is -2.21. The number of alkyl halides is 3. The molecule has 1 heterocycles. The SMILES string of the molecule is Cc1cc(OC(=O)c2cccnc2OCC(F)(F)F)ccc1[N+](=O)[O-]. The van der Waals surface area contributed by atoms with Gasteiger partial charge in [-0.15, -0.1) is 0 Å². The van der Waals surface area contributed by atoms with Crippen LogP contribution in [0.3, 0.4) is 0 Å². The number of carbonyl (C=O) groups excluding carboxylic acids is 1. The zero-order valence-corrected chi connectivity index (χ0v) is 12.7. The topological polar surface area (TPSA) is 91.6 Å². The summed E-state index contributed by atoms with van der Waals surface area (Å²) in [4.78, 5) is 25.9. The van der Waals surface area contributed by atoms with Crippen molar-refractivity contribution in [2.24, 2.45) is 0 Å². The summed E-state index contributed by atoms with van der Waals surface area (Å²) in [6, 6.07) is 6.15. The number of aromatic nitrogens is 1. The van der Waals surface area contributed by atoms with Gasteiger partial charge in [-0.1, -0.05) is 0 Å². The van der Waals surface area contributed by atoms with E-state index in [4.69, 9.17) is 4.74 Å². The van der Waals surface area contributed by atoms with Crippen LogP contribution in [0.15, 0.2) is 36.5 Å². The largest absolute Gasteiger partial charge is 0.467 e. The second kappa shape index (κ2) is 7.16. The molecule has 0 fully saturated rings. The predicted octanol–water partition coefficient (Wildman–Crippen LogP) is 3.46. The van der Waals surface area contributed by atoms with Gasteiger partial charge in [0.15, 0.2) is 6.61 Å². The van der Waals surface area contributed by atoms with E-state index in [9.17, 15) is 28.1 Å². The molecule has 0 bridgehead atoms. The molecular weight excluding hydrogens is 345 g/mol. The highest BCUT2D eigenvalue weighted by Gasteiger charge is 2.30. The summed E-state index contributed by atoms with van der Waals surface area (Å²) in [5.74, 6) is -1.53. The van der Waals surface area contributed by atoms with Gasteiger partial charge < -0.3 is 9.47 Å². The van der Waals surface area contributed by atoms with E-state index in [1.807, 2.05) is 0 Å². The van der Waals surface area contributed by atoms with Crippen LogP contribution < -0.4 is 9.47 Å². The molecular formula is C15H11F3N2O5. The summed E-state index contributed by atoms with van der Waals surface area (Å²) in [7, 11) is 0. The third-order valence-electron chi connectivity index (χ3n) is 2.94. The van der Waals surface area contributed by atoms with E-state index >= 15 is 0 Å². The molecule has 0 amide bonds. The van der Waals surface area contributed by atoms with Crippen LogP contribution in [-0.4, -0.2) is 28.7 Å². The molecule has 0 aliphatic carbocycles. The fraction of sp³-hybridized carbons (Fsp3) is 0.200. The number of nitrogens with zero attached hydrogens (tertiary/aromatic N) is 2. The van der Waals surface area contributed by atoms with E-state index in [2.05, 4.69) is 9.72 Å². The van der Waals surface area contributed by atoms with Gasteiger partial charge in [0.2, 0.25) is 5.88 Å². The molecule has 0 radical (unpaired) electrons. The van der Waals surface area contributed by atoms with Crippen molar-refractivity contribution in [3.63, 3.8) is 0 Å². The zero-order valence-electron chi connectivity index (χ0n) is 12.7. The molecule has 0 unspecified atom stereocenters. The Labute approximate surface area is 139 Å². The Morgan fingerprint density at radius 1 is 1.32 bits per heavy atom. The summed E-state index contributed by atoms with van der Waals surface area (Å²) in [5, 5.41) is 10.8. The summed E-state index contributed by atoms with van der Waals surface area (Å²) < 4.78 is 46.3. The number of carbonyl (C=O) groups is 1. The average Bonchev–Trinajstić information content (AvgIpc) is 2.52. The number of halogens is 3. The molecule has 1 aromatic carbocycles. The molecule has 0 saturated heterocycles. The lowest BCUT2D eigenvalue weighted by Gasteiger charge is -2.11. The second-order valence-electron chi connectivity index (χ2n) is 4.85. The summed E-state index contributed by atoms with van der Waals surface area (Å²) in [5.41, 5.74) is -0.201. The monoisotopic (exact) mass is 356 g/mol. The fourth-order valence-electron chi connectivity index (χ4n) is 1.87. The summed E-state index contributed by atoms with van der Waals surface area (Å²) >= 11 is 0. The maximum atomic E-state index is 12.2. The Hall–Kier alpha value is -3.17. The zero-order chi connectivity index (χ0) is 18.6. The lowest BCUT2D eigenvalue weighted by molar-refractivity contribution is -0.385. The normalized spacial score (nSPS) is 11.0. The van der Waals surface area contributed by atoms with E-state index in [0.29, 0.717) is 0 Å². The molecule has 1 aromatic heterocycles. The molecule has 25 heavy (non-hydrogen) atoms. The number of hydrogen-bond acceptors (Lipinski definition) is 6. The van der Waals surface area contributed by atoms with Crippen LogP contribution in [-0.2, 0) is 0 Å². The first-order valence-electron chi connectivity index (χ1n) is 6.79. The van der Waals surface area contributed by atoms with Crippen LogP contribution >= 0.6 is 0 Å². The van der Waals surface area contributed by atoms with Gasteiger partial charge in [0.1, 0.15) is 11.3 Å². The minimum Gasteiger partial charge on any atom is -0.467 e. The van der Waals surface area contributed by atoms with E-state index in [1.165, 1.54) is 37.4 Å². The molecule has 2 rings (SSSR count). The van der Waals surface area contributed by atoms with E-state index < -0.39 is 29.6 Å². The highest BCUT2D eigenvalue weighted by molar-refractivity contribution is 5.93. The van der Waals surface area contributed by atoms with Crippen LogP contribution in [0.25, 0.3) is 0 Å². The number of benzene rings is 1. The molecule has 2 aromatic rings. The van der Waals surface area contributed by atoms with Crippen molar-refractivity contribution in [2.75, 3.05) is 6.61 Å². The van der Waals surface area contributed by atoms with Crippen LogP contribution in [0.2, 0.25) is 0 Å². The third-order valence-corrected chi connectivity index (χ3v) is 2.94. The highest BCUT2D eigenvalue weighted by Crippen LogP contribution is 2.25. The van der Waals surface area contributed by atoms with E-state index in [0.717, 1.165) is 6.07 Å². The number of pyridine rings is 1. The Morgan fingerprint density at radius 3 is 2.64 bits per heavy atom. The highest BCUT2D eigenvalue weighted by atomic mass is 19.4. The van der Waals surface area contributed by atoms with Gasteiger partial charge >= 0.3 is 12.1 Å². The number of nitro benzene ring substituents is 1. The maximum absolute atomic E-state index is 12.2. The van der Waals surface area contributed by atoms with Gasteiger partial charge in [0.25, 0.3) is 5.69 Å². The Morgan fingerprint density at radius 2 is 2.04 bits per heavy atom. The summed E-state index contributed by atoms with van der Waals surface area (Å²) in [6.45, 7) is -0.154. The van der Waals surface area contributed by atoms with E-state index in [1.54, 1.807) is 0 Å². The number of esters is 1. The number of ether oxygens (including phenoxy) is 2. The van der Waals surface area contributed by atoms with Crippen LogP contribution in [0.4, 0.5) is 18.9 Å². The molecule has 132 valence electrons.